The summed E-state index contributed by atoms with van der Waals surface area (Å²) < 4.78 is 7.02. The summed E-state index contributed by atoms with van der Waals surface area (Å²) in [7, 11) is 0. The number of aromatic amines is 1. The predicted octanol–water partition coefficient (Wildman–Crippen LogP) is 2.62. The molecule has 0 atom stereocenters. The van der Waals surface area contributed by atoms with Crippen molar-refractivity contribution in [2.24, 2.45) is 0 Å². The van der Waals surface area contributed by atoms with E-state index in [0.29, 0.717) is 40.8 Å². The van der Waals surface area contributed by atoms with Gasteiger partial charge < -0.3 is 15.0 Å². The Morgan fingerprint density at radius 2 is 2.14 bits per heavy atom. The molecule has 1 aromatic carbocycles. The first kappa shape index (κ1) is 20.5. The summed E-state index contributed by atoms with van der Waals surface area (Å²) in [6.07, 6.45) is 2.07. The number of nitrogens with zero attached hydrogens (tertiary/aromatic N) is 3. The molecule has 0 saturated heterocycles. The van der Waals surface area contributed by atoms with Gasteiger partial charge in [0.15, 0.2) is 5.16 Å². The smallest absolute Gasteiger partial charge is 0.283 e. The lowest BCUT2D eigenvalue weighted by Crippen LogP contribution is -2.26. The number of aromatic nitrogens is 3. The monoisotopic (exact) mass is 411 g/mol. The van der Waals surface area contributed by atoms with Gasteiger partial charge in [-0.3, -0.25) is 14.2 Å². The lowest BCUT2D eigenvalue weighted by Gasteiger charge is -2.13. The molecule has 0 radical (unpaired) electrons. The highest BCUT2D eigenvalue weighted by Crippen LogP contribution is 2.22. The first-order valence-corrected chi connectivity index (χ1v) is 10.2. The minimum absolute atomic E-state index is 0.162. The number of rotatable bonds is 9. The van der Waals surface area contributed by atoms with Crippen molar-refractivity contribution in [1.82, 2.24) is 19.9 Å². The molecule has 0 aliphatic heterocycles. The van der Waals surface area contributed by atoms with E-state index in [1.807, 2.05) is 37.3 Å². The van der Waals surface area contributed by atoms with Gasteiger partial charge in [-0.05, 0) is 37.3 Å². The Balaban J connectivity index is 1.82. The Bertz CT molecular complexity index is 1080. The SMILES string of the molecule is CCOc1ccc(-n2c(SCCNC(=O)CCC#N)nc3cc[nH]c3c2=O)cc1. The van der Waals surface area contributed by atoms with E-state index in [0.717, 1.165) is 5.75 Å². The fourth-order valence-corrected chi connectivity index (χ4v) is 3.62. The van der Waals surface area contributed by atoms with Crippen LogP contribution in [0.15, 0.2) is 46.5 Å². The Hall–Kier alpha value is -3.25. The van der Waals surface area contributed by atoms with Crippen LogP contribution in [0.3, 0.4) is 0 Å². The lowest BCUT2D eigenvalue weighted by atomic mass is 10.3. The minimum atomic E-state index is -0.190. The third-order valence-electron chi connectivity index (χ3n) is 4.07. The fourth-order valence-electron chi connectivity index (χ4n) is 2.75. The van der Waals surface area contributed by atoms with Crippen LogP contribution in [0.1, 0.15) is 19.8 Å². The predicted molar refractivity (Wildman–Crippen MR) is 111 cm³/mol. The molecular formula is C20H21N5O3S. The van der Waals surface area contributed by atoms with E-state index in [1.54, 1.807) is 16.8 Å². The molecule has 9 heteroatoms. The summed E-state index contributed by atoms with van der Waals surface area (Å²) in [6, 6.07) is 11.0. The van der Waals surface area contributed by atoms with Gasteiger partial charge in [0, 0.05) is 31.3 Å². The van der Waals surface area contributed by atoms with E-state index in [9.17, 15) is 9.59 Å². The van der Waals surface area contributed by atoms with E-state index in [2.05, 4.69) is 15.3 Å². The molecule has 2 aromatic heterocycles. The first-order chi connectivity index (χ1) is 14.1. The highest BCUT2D eigenvalue weighted by atomic mass is 32.2. The molecule has 3 rings (SSSR count). The molecule has 2 heterocycles. The zero-order valence-corrected chi connectivity index (χ0v) is 16.8. The van der Waals surface area contributed by atoms with Crippen molar-refractivity contribution < 1.29 is 9.53 Å². The van der Waals surface area contributed by atoms with E-state index in [1.165, 1.54) is 11.8 Å². The van der Waals surface area contributed by atoms with Crippen LogP contribution in [-0.4, -0.2) is 39.3 Å². The zero-order chi connectivity index (χ0) is 20.6. The summed E-state index contributed by atoms with van der Waals surface area (Å²) in [5.41, 5.74) is 1.53. The Morgan fingerprint density at radius 1 is 1.34 bits per heavy atom. The van der Waals surface area contributed by atoms with Crippen molar-refractivity contribution in [2.75, 3.05) is 18.9 Å². The number of hydrogen-bond donors (Lipinski definition) is 2. The van der Waals surface area contributed by atoms with Crippen molar-refractivity contribution in [3.8, 4) is 17.5 Å². The number of nitrogens with one attached hydrogen (secondary N) is 2. The van der Waals surface area contributed by atoms with Crippen molar-refractivity contribution in [3.63, 3.8) is 0 Å². The van der Waals surface area contributed by atoms with Gasteiger partial charge in [0.05, 0.1) is 23.9 Å². The average Bonchev–Trinajstić information content (AvgIpc) is 3.20. The third-order valence-corrected chi connectivity index (χ3v) is 5.01. The quantitative estimate of drug-likeness (QED) is 0.318. The number of carbonyl (C=O) groups excluding carboxylic acids is 1. The summed E-state index contributed by atoms with van der Waals surface area (Å²) in [6.45, 7) is 2.89. The largest absolute Gasteiger partial charge is 0.494 e. The molecule has 8 nitrogen and oxygen atoms in total. The highest BCUT2D eigenvalue weighted by molar-refractivity contribution is 7.99. The number of nitriles is 1. The van der Waals surface area contributed by atoms with E-state index in [-0.39, 0.29) is 24.3 Å². The van der Waals surface area contributed by atoms with Gasteiger partial charge in [-0.1, -0.05) is 11.8 Å². The molecule has 150 valence electrons. The maximum Gasteiger partial charge on any atom is 0.283 e. The molecule has 0 spiro atoms. The van der Waals surface area contributed by atoms with Gasteiger partial charge >= 0.3 is 0 Å². The molecule has 0 aliphatic carbocycles. The van der Waals surface area contributed by atoms with Crippen molar-refractivity contribution in [3.05, 3.63) is 46.9 Å². The number of thioether (sulfide) groups is 1. The Kier molecular flexibility index (Phi) is 6.92. The van der Waals surface area contributed by atoms with Crippen LogP contribution in [0, 0.1) is 11.3 Å². The van der Waals surface area contributed by atoms with Crippen LogP contribution < -0.4 is 15.6 Å². The number of benzene rings is 1. The lowest BCUT2D eigenvalue weighted by molar-refractivity contribution is -0.120. The molecule has 0 unspecified atom stereocenters. The Morgan fingerprint density at radius 3 is 2.86 bits per heavy atom. The number of carbonyl (C=O) groups is 1. The van der Waals surface area contributed by atoms with Gasteiger partial charge in [-0.2, -0.15) is 5.26 Å². The normalized spacial score (nSPS) is 10.6. The van der Waals surface area contributed by atoms with Crippen LogP contribution in [0.2, 0.25) is 0 Å². The molecule has 0 bridgehead atoms. The summed E-state index contributed by atoms with van der Waals surface area (Å²) in [5, 5.41) is 11.8. The van der Waals surface area contributed by atoms with Gasteiger partial charge in [0.25, 0.3) is 5.56 Å². The second-order valence-corrected chi connectivity index (χ2v) is 7.12. The second-order valence-electron chi connectivity index (χ2n) is 6.06. The molecule has 0 fully saturated rings. The third kappa shape index (κ3) is 4.97. The maximum atomic E-state index is 13.0. The standard InChI is InChI=1S/C20H21N5O3S/c1-2-28-15-7-5-14(6-8-15)25-19(27)18-16(9-11-23-18)24-20(25)29-13-12-22-17(26)4-3-10-21/h5-9,11,23H,2-4,12-13H2,1H3,(H,22,26). The fraction of sp³-hybridized carbons (Fsp3) is 0.300. The molecule has 3 aromatic rings. The number of amides is 1. The van der Waals surface area contributed by atoms with Crippen LogP contribution in [0.25, 0.3) is 16.7 Å². The van der Waals surface area contributed by atoms with E-state index >= 15 is 0 Å². The van der Waals surface area contributed by atoms with Crippen LogP contribution in [0.4, 0.5) is 0 Å². The van der Waals surface area contributed by atoms with Crippen molar-refractivity contribution in [1.29, 1.82) is 5.26 Å². The number of hydrogen-bond acceptors (Lipinski definition) is 6. The van der Waals surface area contributed by atoms with Gasteiger partial charge in [0.2, 0.25) is 5.91 Å². The number of fused-ring (bicyclic) bond motifs is 1. The average molecular weight is 411 g/mol. The van der Waals surface area contributed by atoms with Crippen LogP contribution in [-0.2, 0) is 4.79 Å². The van der Waals surface area contributed by atoms with Gasteiger partial charge in [0.1, 0.15) is 11.3 Å². The second kappa shape index (κ2) is 9.80. The molecule has 29 heavy (non-hydrogen) atoms. The highest BCUT2D eigenvalue weighted by Gasteiger charge is 2.14. The number of ether oxygens (including phenoxy) is 1. The molecular weight excluding hydrogens is 390 g/mol. The minimum Gasteiger partial charge on any atom is -0.494 e. The van der Waals surface area contributed by atoms with Crippen LogP contribution in [0.5, 0.6) is 5.75 Å². The molecule has 0 saturated carbocycles. The first-order valence-electron chi connectivity index (χ1n) is 9.24. The van der Waals surface area contributed by atoms with Crippen molar-refractivity contribution >= 4 is 28.7 Å². The van der Waals surface area contributed by atoms with Gasteiger partial charge in [-0.15, -0.1) is 0 Å². The van der Waals surface area contributed by atoms with Crippen LogP contribution >= 0.6 is 11.8 Å². The Labute approximate surface area is 171 Å². The molecule has 1 amide bonds. The molecule has 0 aliphatic rings. The van der Waals surface area contributed by atoms with Crippen molar-refractivity contribution in [2.45, 2.75) is 24.9 Å². The zero-order valence-electron chi connectivity index (χ0n) is 16.0. The van der Waals surface area contributed by atoms with E-state index in [4.69, 9.17) is 10.00 Å². The van der Waals surface area contributed by atoms with Gasteiger partial charge in [-0.25, -0.2) is 4.98 Å². The maximum absolute atomic E-state index is 13.0. The summed E-state index contributed by atoms with van der Waals surface area (Å²) >= 11 is 1.38. The molecule has 2 N–H and O–H groups in total. The summed E-state index contributed by atoms with van der Waals surface area (Å²) in [4.78, 5) is 32.2. The number of H-pyrrole nitrogens is 1. The van der Waals surface area contributed by atoms with E-state index < -0.39 is 0 Å². The summed E-state index contributed by atoms with van der Waals surface area (Å²) in [5.74, 6) is 1.11. The topological polar surface area (TPSA) is 113 Å².